The Morgan fingerprint density at radius 3 is 2.85 bits per heavy atom. The Labute approximate surface area is 157 Å². The van der Waals surface area contributed by atoms with Crippen molar-refractivity contribution < 1.29 is 9.53 Å². The number of piperidine rings is 1. The minimum atomic E-state index is -0.488. The number of carbonyl (C=O) groups is 1. The van der Waals surface area contributed by atoms with Gasteiger partial charge in [0, 0.05) is 44.2 Å². The molecule has 0 radical (unpaired) electrons. The first kappa shape index (κ1) is 18.9. The normalized spacial score (nSPS) is 16.9. The van der Waals surface area contributed by atoms with Crippen molar-refractivity contribution in [2.45, 2.75) is 32.7 Å². The monoisotopic (exact) mass is 371 g/mol. The molecule has 3 rings (SSSR count). The molecule has 0 saturated carbocycles. The van der Waals surface area contributed by atoms with Gasteiger partial charge in [-0.25, -0.2) is 4.79 Å². The summed E-state index contributed by atoms with van der Waals surface area (Å²) in [5.41, 5.74) is 0.182. The second-order valence-corrected chi connectivity index (χ2v) is 6.98. The van der Waals surface area contributed by atoms with E-state index in [1.807, 2.05) is 36.1 Å². The molecule has 1 atom stereocenters. The maximum atomic E-state index is 12.5. The van der Waals surface area contributed by atoms with Crippen LogP contribution in [0, 0.1) is 12.8 Å². The highest BCUT2D eigenvalue weighted by molar-refractivity contribution is 5.76. The number of H-pyrrole nitrogens is 1. The molecule has 1 unspecified atom stereocenters. The maximum absolute atomic E-state index is 12.5. The number of benzene rings is 1. The van der Waals surface area contributed by atoms with E-state index in [1.165, 1.54) is 16.8 Å². The predicted octanol–water partition coefficient (Wildman–Crippen LogP) is 1.55. The van der Waals surface area contributed by atoms with Gasteiger partial charge in [-0.1, -0.05) is 18.2 Å². The number of aromatic nitrogens is 2. The number of aryl methyl sites for hydroxylation is 2. The lowest BCUT2D eigenvalue weighted by Gasteiger charge is -2.33. The fourth-order valence-corrected chi connectivity index (χ4v) is 3.35. The van der Waals surface area contributed by atoms with Gasteiger partial charge in [-0.3, -0.25) is 14.6 Å². The van der Waals surface area contributed by atoms with Gasteiger partial charge < -0.3 is 14.2 Å². The molecule has 2 aromatic rings. The number of carbonyl (C=O) groups excluding carboxylic acids is 1. The van der Waals surface area contributed by atoms with Crippen LogP contribution in [-0.2, 0) is 11.3 Å². The summed E-state index contributed by atoms with van der Waals surface area (Å²) >= 11 is 0. The number of likely N-dealkylation sites (tertiary alicyclic amines) is 1. The van der Waals surface area contributed by atoms with Crippen LogP contribution in [0.1, 0.15) is 24.8 Å². The van der Waals surface area contributed by atoms with Gasteiger partial charge in [-0.05, 0) is 31.4 Å². The Kier molecular flexibility index (Phi) is 6.11. The summed E-state index contributed by atoms with van der Waals surface area (Å²) in [6.07, 6.45) is 3.64. The highest BCUT2D eigenvalue weighted by Crippen LogP contribution is 2.21. The van der Waals surface area contributed by atoms with E-state index in [9.17, 15) is 14.4 Å². The standard InChI is InChI=1S/C20H25N3O4/c1-15-5-2-3-7-17(15)27-14-16-6-4-10-23(13-16)19(25)9-12-22-11-8-18(24)21-20(22)26/h2-3,5,7-8,11,16H,4,6,9-10,12-14H2,1H3,(H,21,24,26). The summed E-state index contributed by atoms with van der Waals surface area (Å²) in [4.78, 5) is 39.4. The van der Waals surface area contributed by atoms with Gasteiger partial charge in [0.15, 0.2) is 0 Å². The molecule has 1 N–H and O–H groups in total. The fraction of sp³-hybridized carbons (Fsp3) is 0.450. The van der Waals surface area contributed by atoms with E-state index >= 15 is 0 Å². The van der Waals surface area contributed by atoms with Crippen LogP contribution in [0.4, 0.5) is 0 Å². The van der Waals surface area contributed by atoms with E-state index in [-0.39, 0.29) is 18.9 Å². The third-order valence-electron chi connectivity index (χ3n) is 4.90. The highest BCUT2D eigenvalue weighted by Gasteiger charge is 2.24. The smallest absolute Gasteiger partial charge is 0.328 e. The summed E-state index contributed by atoms with van der Waals surface area (Å²) in [6.45, 7) is 4.28. The van der Waals surface area contributed by atoms with Crippen molar-refractivity contribution in [3.63, 3.8) is 0 Å². The third-order valence-corrected chi connectivity index (χ3v) is 4.90. The van der Waals surface area contributed by atoms with Crippen molar-refractivity contribution in [2.24, 2.45) is 5.92 Å². The van der Waals surface area contributed by atoms with Crippen LogP contribution in [0.5, 0.6) is 5.75 Å². The Morgan fingerprint density at radius 1 is 1.26 bits per heavy atom. The van der Waals surface area contributed by atoms with Crippen LogP contribution in [0.15, 0.2) is 46.1 Å². The Hall–Kier alpha value is -2.83. The minimum Gasteiger partial charge on any atom is -0.493 e. The number of amides is 1. The van der Waals surface area contributed by atoms with Crippen LogP contribution in [0.25, 0.3) is 0 Å². The first-order valence-corrected chi connectivity index (χ1v) is 9.29. The molecule has 7 heteroatoms. The number of aromatic amines is 1. The fourth-order valence-electron chi connectivity index (χ4n) is 3.35. The molecule has 1 aliphatic heterocycles. The van der Waals surface area contributed by atoms with Gasteiger partial charge in [-0.2, -0.15) is 0 Å². The molecule has 1 saturated heterocycles. The largest absolute Gasteiger partial charge is 0.493 e. The van der Waals surface area contributed by atoms with Crippen molar-refractivity contribution in [1.29, 1.82) is 0 Å². The zero-order valence-electron chi connectivity index (χ0n) is 15.5. The first-order chi connectivity index (χ1) is 13.0. The number of nitrogens with zero attached hydrogens (tertiary/aromatic N) is 2. The van der Waals surface area contributed by atoms with Crippen molar-refractivity contribution >= 4 is 5.91 Å². The first-order valence-electron chi connectivity index (χ1n) is 9.29. The van der Waals surface area contributed by atoms with Gasteiger partial charge in [0.25, 0.3) is 5.56 Å². The zero-order valence-corrected chi connectivity index (χ0v) is 15.5. The van der Waals surface area contributed by atoms with E-state index in [0.717, 1.165) is 30.7 Å². The van der Waals surface area contributed by atoms with E-state index in [4.69, 9.17) is 4.74 Å². The predicted molar refractivity (Wildman–Crippen MR) is 102 cm³/mol. The topological polar surface area (TPSA) is 84.4 Å². The molecule has 144 valence electrons. The number of rotatable bonds is 6. The number of para-hydroxylation sites is 1. The SMILES string of the molecule is Cc1ccccc1OCC1CCCN(C(=O)CCn2ccc(=O)[nH]c2=O)C1. The minimum absolute atomic E-state index is 0.0219. The summed E-state index contributed by atoms with van der Waals surface area (Å²) in [7, 11) is 0. The molecule has 1 aromatic carbocycles. The van der Waals surface area contributed by atoms with E-state index < -0.39 is 11.2 Å². The molecule has 0 aliphatic carbocycles. The lowest BCUT2D eigenvalue weighted by atomic mass is 9.98. The van der Waals surface area contributed by atoms with Gasteiger partial charge in [0.1, 0.15) is 5.75 Å². The Bertz CT molecular complexity index is 902. The number of nitrogens with one attached hydrogen (secondary N) is 1. The number of ether oxygens (including phenoxy) is 1. The van der Waals surface area contributed by atoms with Crippen molar-refractivity contribution in [2.75, 3.05) is 19.7 Å². The molecule has 1 aromatic heterocycles. The van der Waals surface area contributed by atoms with E-state index in [0.29, 0.717) is 19.1 Å². The highest BCUT2D eigenvalue weighted by atomic mass is 16.5. The average Bonchev–Trinajstić information content (AvgIpc) is 2.67. The lowest BCUT2D eigenvalue weighted by molar-refractivity contribution is -0.133. The maximum Gasteiger partial charge on any atom is 0.328 e. The molecule has 2 heterocycles. The summed E-state index contributed by atoms with van der Waals surface area (Å²) < 4.78 is 7.29. The quantitative estimate of drug-likeness (QED) is 0.835. The van der Waals surface area contributed by atoms with E-state index in [2.05, 4.69) is 4.98 Å². The van der Waals surface area contributed by atoms with Gasteiger partial charge in [0.2, 0.25) is 5.91 Å². The Balaban J connectivity index is 1.51. The molecular formula is C20H25N3O4. The summed E-state index contributed by atoms with van der Waals surface area (Å²) in [6, 6.07) is 9.20. The molecule has 0 bridgehead atoms. The second-order valence-electron chi connectivity index (χ2n) is 6.98. The van der Waals surface area contributed by atoms with Crippen molar-refractivity contribution in [3.8, 4) is 5.75 Å². The van der Waals surface area contributed by atoms with Gasteiger partial charge in [-0.15, -0.1) is 0 Å². The van der Waals surface area contributed by atoms with Gasteiger partial charge in [0.05, 0.1) is 6.61 Å². The molecule has 7 nitrogen and oxygen atoms in total. The van der Waals surface area contributed by atoms with Gasteiger partial charge >= 0.3 is 5.69 Å². The van der Waals surface area contributed by atoms with Crippen molar-refractivity contribution in [1.82, 2.24) is 14.5 Å². The average molecular weight is 371 g/mol. The van der Waals surface area contributed by atoms with Crippen molar-refractivity contribution in [3.05, 3.63) is 62.9 Å². The number of hydrogen-bond donors (Lipinski definition) is 1. The van der Waals surface area contributed by atoms with Crippen LogP contribution in [-0.4, -0.2) is 40.1 Å². The molecule has 27 heavy (non-hydrogen) atoms. The molecule has 1 fully saturated rings. The zero-order chi connectivity index (χ0) is 19.2. The molecular weight excluding hydrogens is 346 g/mol. The third kappa shape index (κ3) is 5.09. The molecule has 1 aliphatic rings. The van der Waals surface area contributed by atoms with E-state index in [1.54, 1.807) is 0 Å². The van der Waals surface area contributed by atoms with Crippen LogP contribution in [0.2, 0.25) is 0 Å². The van der Waals surface area contributed by atoms with Crippen LogP contribution in [0.3, 0.4) is 0 Å². The number of hydrogen-bond acceptors (Lipinski definition) is 4. The molecule has 0 spiro atoms. The lowest BCUT2D eigenvalue weighted by Crippen LogP contribution is -2.42. The van der Waals surface area contributed by atoms with Crippen LogP contribution < -0.4 is 16.0 Å². The molecule has 1 amide bonds. The summed E-state index contributed by atoms with van der Waals surface area (Å²) in [5.74, 6) is 1.21. The van der Waals surface area contributed by atoms with Crippen LogP contribution >= 0.6 is 0 Å². The Morgan fingerprint density at radius 2 is 2.07 bits per heavy atom. The summed E-state index contributed by atoms with van der Waals surface area (Å²) in [5, 5.41) is 0. The second kappa shape index (κ2) is 8.70.